The van der Waals surface area contributed by atoms with Crippen molar-refractivity contribution >= 4 is 23.0 Å². The van der Waals surface area contributed by atoms with Crippen LogP contribution in [0.25, 0.3) is 10.9 Å². The molecule has 2 aromatic carbocycles. The first-order valence-electron chi connectivity index (χ1n) is 12.1. The van der Waals surface area contributed by atoms with Crippen LogP contribution in [0.2, 0.25) is 0 Å². The van der Waals surface area contributed by atoms with Crippen LogP contribution in [-0.2, 0) is 43.3 Å². The minimum Gasteiger partial charge on any atom is -0.508 e. The summed E-state index contributed by atoms with van der Waals surface area (Å²) in [7, 11) is 3.06. The molecule has 200 valence electrons. The van der Waals surface area contributed by atoms with Crippen LogP contribution >= 0.6 is 0 Å². The average Bonchev–Trinajstić information content (AvgIpc) is 3.19. The third kappa shape index (κ3) is 7.47. The lowest BCUT2D eigenvalue weighted by molar-refractivity contribution is -0.151. The van der Waals surface area contributed by atoms with E-state index in [2.05, 4.69) is 0 Å². The molecule has 1 aromatic heterocycles. The molecule has 1 N–H and O–H groups in total. The maximum Gasteiger partial charge on any atom is 0.412 e. The van der Waals surface area contributed by atoms with Crippen LogP contribution < -0.4 is 0 Å². The number of fused-ring (bicyclic) bond motifs is 1. The highest BCUT2D eigenvalue weighted by atomic mass is 16.6. The van der Waals surface area contributed by atoms with Gasteiger partial charge in [-0.25, -0.2) is 9.59 Å². The van der Waals surface area contributed by atoms with E-state index in [0.717, 1.165) is 16.5 Å². The Kier molecular flexibility index (Phi) is 9.54. The summed E-state index contributed by atoms with van der Waals surface area (Å²) >= 11 is 0. The minimum atomic E-state index is -1.01. The molecule has 0 radical (unpaired) electrons. The van der Waals surface area contributed by atoms with Crippen molar-refractivity contribution in [3.63, 3.8) is 0 Å². The summed E-state index contributed by atoms with van der Waals surface area (Å²) in [6.07, 6.45) is 1.73. The largest absolute Gasteiger partial charge is 0.508 e. The third-order valence-electron chi connectivity index (χ3n) is 5.70. The zero-order chi connectivity index (χ0) is 27.0. The molecule has 1 atom stereocenters. The van der Waals surface area contributed by atoms with Crippen molar-refractivity contribution in [2.45, 2.75) is 52.0 Å². The number of phenolic OH excluding ortho intramolecular Hbond substituents is 1. The van der Waals surface area contributed by atoms with E-state index >= 15 is 0 Å². The van der Waals surface area contributed by atoms with Gasteiger partial charge in [0.1, 0.15) is 30.9 Å². The summed E-state index contributed by atoms with van der Waals surface area (Å²) < 4.78 is 23.8. The monoisotopic (exact) mass is 512 g/mol. The first-order chi connectivity index (χ1) is 17.6. The summed E-state index contributed by atoms with van der Waals surface area (Å²) in [5.74, 6) is -0.460. The lowest BCUT2D eigenvalue weighted by atomic mass is 10.0. The van der Waals surface area contributed by atoms with Gasteiger partial charge in [0.15, 0.2) is 0 Å². The van der Waals surface area contributed by atoms with Gasteiger partial charge in [0.2, 0.25) is 0 Å². The van der Waals surface area contributed by atoms with Gasteiger partial charge in [-0.3, -0.25) is 4.90 Å². The van der Waals surface area contributed by atoms with Gasteiger partial charge in [-0.1, -0.05) is 36.4 Å². The van der Waals surface area contributed by atoms with Crippen LogP contribution in [0, 0.1) is 0 Å². The van der Waals surface area contributed by atoms with Crippen LogP contribution in [0.15, 0.2) is 54.7 Å². The number of phenols is 1. The topological polar surface area (TPSA) is 99.5 Å². The van der Waals surface area contributed by atoms with Crippen molar-refractivity contribution in [2.24, 2.45) is 0 Å². The number of benzene rings is 2. The number of carbonyl (C=O) groups excluding carboxylic acids is 2. The Hall–Kier alpha value is -3.56. The Morgan fingerprint density at radius 1 is 1.00 bits per heavy atom. The second-order valence-corrected chi connectivity index (χ2v) is 9.69. The number of hydrogen-bond acceptors (Lipinski definition) is 7. The Labute approximate surface area is 217 Å². The highest BCUT2D eigenvalue weighted by Gasteiger charge is 2.35. The molecule has 0 unspecified atom stereocenters. The van der Waals surface area contributed by atoms with E-state index in [1.807, 2.05) is 35.0 Å². The van der Waals surface area contributed by atoms with Gasteiger partial charge in [-0.15, -0.1) is 0 Å². The van der Waals surface area contributed by atoms with Gasteiger partial charge in [0.05, 0.1) is 12.1 Å². The van der Waals surface area contributed by atoms with Crippen molar-refractivity contribution in [2.75, 3.05) is 27.6 Å². The second-order valence-electron chi connectivity index (χ2n) is 9.69. The molecule has 0 fully saturated rings. The summed E-state index contributed by atoms with van der Waals surface area (Å²) in [5, 5.41) is 11.0. The van der Waals surface area contributed by atoms with Crippen molar-refractivity contribution in [1.82, 2.24) is 9.47 Å². The third-order valence-corrected chi connectivity index (χ3v) is 5.70. The van der Waals surface area contributed by atoms with Gasteiger partial charge in [-0.2, -0.15) is 0 Å². The number of para-hydroxylation sites is 2. The number of rotatable bonds is 11. The Bertz CT molecular complexity index is 1200. The standard InChI is InChI=1S/C28H36N2O7/c1-28(2,3)37-27(33)30(19-35-5)24(26(32)36-15-14-20-10-6-9-13-25(20)31)16-21-17-29(18-34-4)23-12-8-7-11-22(21)23/h6-13,17,24,31H,14-16,18-19H2,1-5H3/t24-/m0/s1. The van der Waals surface area contributed by atoms with E-state index in [4.69, 9.17) is 18.9 Å². The molecule has 0 bridgehead atoms. The summed E-state index contributed by atoms with van der Waals surface area (Å²) in [6, 6.07) is 13.7. The fourth-order valence-electron chi connectivity index (χ4n) is 4.07. The fourth-order valence-corrected chi connectivity index (χ4v) is 4.07. The molecular formula is C28H36N2O7. The molecule has 0 saturated heterocycles. The quantitative estimate of drug-likeness (QED) is 0.299. The average molecular weight is 513 g/mol. The van der Waals surface area contributed by atoms with E-state index in [9.17, 15) is 14.7 Å². The van der Waals surface area contributed by atoms with Crippen LogP contribution in [0.3, 0.4) is 0 Å². The zero-order valence-corrected chi connectivity index (χ0v) is 22.1. The molecular weight excluding hydrogens is 476 g/mol. The number of aromatic nitrogens is 1. The number of aromatic hydroxyl groups is 1. The van der Waals surface area contributed by atoms with Crippen molar-refractivity contribution in [3.8, 4) is 5.75 Å². The van der Waals surface area contributed by atoms with E-state index in [0.29, 0.717) is 18.7 Å². The van der Waals surface area contributed by atoms with Gasteiger partial charge in [0.25, 0.3) is 0 Å². The molecule has 1 amide bonds. The maximum atomic E-state index is 13.5. The van der Waals surface area contributed by atoms with Crippen molar-refractivity contribution < 1.29 is 33.6 Å². The second kappa shape index (κ2) is 12.6. The summed E-state index contributed by atoms with van der Waals surface area (Å²) in [5.41, 5.74) is 1.69. The number of hydrogen-bond donors (Lipinski definition) is 1. The van der Waals surface area contributed by atoms with E-state index in [1.165, 1.54) is 12.0 Å². The van der Waals surface area contributed by atoms with Crippen molar-refractivity contribution in [1.29, 1.82) is 0 Å². The van der Waals surface area contributed by atoms with E-state index < -0.39 is 23.7 Å². The molecule has 9 nitrogen and oxygen atoms in total. The Morgan fingerprint density at radius 3 is 2.38 bits per heavy atom. The lowest BCUT2D eigenvalue weighted by Crippen LogP contribution is -2.49. The predicted octanol–water partition coefficient (Wildman–Crippen LogP) is 4.49. The number of amides is 1. The highest BCUT2D eigenvalue weighted by molar-refractivity contribution is 5.86. The molecule has 3 aromatic rings. The summed E-state index contributed by atoms with van der Waals surface area (Å²) in [4.78, 5) is 27.9. The molecule has 0 spiro atoms. The number of methoxy groups -OCH3 is 2. The molecule has 37 heavy (non-hydrogen) atoms. The number of esters is 1. The van der Waals surface area contributed by atoms with Gasteiger partial charge >= 0.3 is 12.1 Å². The minimum absolute atomic E-state index is 0.0352. The zero-order valence-electron chi connectivity index (χ0n) is 22.1. The number of nitrogens with zero attached hydrogens (tertiary/aromatic N) is 2. The lowest BCUT2D eigenvalue weighted by Gasteiger charge is -2.31. The molecule has 0 saturated carbocycles. The first-order valence-corrected chi connectivity index (χ1v) is 12.1. The van der Waals surface area contributed by atoms with Crippen LogP contribution in [-0.4, -0.2) is 65.8 Å². The van der Waals surface area contributed by atoms with Crippen LogP contribution in [0.5, 0.6) is 5.75 Å². The van der Waals surface area contributed by atoms with Crippen LogP contribution in [0.4, 0.5) is 4.79 Å². The molecule has 9 heteroatoms. The first kappa shape index (κ1) is 28.0. The number of ether oxygens (including phenoxy) is 4. The van der Waals surface area contributed by atoms with Gasteiger partial charge < -0.3 is 28.6 Å². The van der Waals surface area contributed by atoms with Crippen molar-refractivity contribution in [3.05, 3.63) is 65.9 Å². The molecule has 0 aliphatic heterocycles. The molecule has 0 aliphatic carbocycles. The summed E-state index contributed by atoms with van der Waals surface area (Å²) in [6.45, 7) is 5.48. The number of carbonyl (C=O) groups is 2. The van der Waals surface area contributed by atoms with Gasteiger partial charge in [0, 0.05) is 38.6 Å². The molecule has 1 heterocycles. The normalized spacial score (nSPS) is 12.4. The Morgan fingerprint density at radius 2 is 1.70 bits per heavy atom. The fraction of sp³-hybridized carbons (Fsp3) is 0.429. The van der Waals surface area contributed by atoms with Crippen LogP contribution in [0.1, 0.15) is 31.9 Å². The SMILES string of the molecule is COCN(C(=O)OC(C)(C)C)[C@@H](Cc1cn(COC)c2ccccc12)C(=O)OCCc1ccccc1O. The van der Waals surface area contributed by atoms with E-state index in [-0.39, 0.29) is 25.5 Å². The Balaban J connectivity index is 1.91. The van der Waals surface area contributed by atoms with E-state index in [1.54, 1.807) is 52.1 Å². The van der Waals surface area contributed by atoms with Gasteiger partial charge in [-0.05, 0) is 44.0 Å². The molecule has 3 rings (SSSR count). The highest BCUT2D eigenvalue weighted by Crippen LogP contribution is 2.25. The maximum absolute atomic E-state index is 13.5. The smallest absolute Gasteiger partial charge is 0.412 e. The molecule has 0 aliphatic rings. The predicted molar refractivity (Wildman–Crippen MR) is 139 cm³/mol.